The molecule has 6 heteroatoms. The van der Waals surface area contributed by atoms with Crippen molar-refractivity contribution in [3.8, 4) is 5.75 Å². The van der Waals surface area contributed by atoms with Crippen molar-refractivity contribution in [3.63, 3.8) is 0 Å². The lowest BCUT2D eigenvalue weighted by Crippen LogP contribution is -2.13. The van der Waals surface area contributed by atoms with E-state index in [1.807, 2.05) is 6.92 Å². The number of benzene rings is 2. The highest BCUT2D eigenvalue weighted by atomic mass is 32.2. The molecule has 0 aliphatic carbocycles. The molecular weight excluding hydrogens is 276 g/mol. The summed E-state index contributed by atoms with van der Waals surface area (Å²) in [4.78, 5) is 0.0931. The first kappa shape index (κ1) is 14.2. The lowest BCUT2D eigenvalue weighted by atomic mass is 10.1. The molecule has 2 aromatic carbocycles. The number of nitrogens with one attached hydrogen (secondary N) is 1. The summed E-state index contributed by atoms with van der Waals surface area (Å²) in [6, 6.07) is 10.6. The van der Waals surface area contributed by atoms with Crippen LogP contribution in [0.25, 0.3) is 0 Å². The Morgan fingerprint density at radius 1 is 1.20 bits per heavy atom. The number of phenolic OH excluding ortho intramolecular Hbond substituents is 1. The van der Waals surface area contributed by atoms with Gasteiger partial charge >= 0.3 is 0 Å². The molecule has 0 fully saturated rings. The zero-order valence-corrected chi connectivity index (χ0v) is 11.8. The van der Waals surface area contributed by atoms with Crippen LogP contribution in [0.5, 0.6) is 5.75 Å². The molecule has 0 heterocycles. The van der Waals surface area contributed by atoms with Crippen molar-refractivity contribution < 1.29 is 13.5 Å². The minimum atomic E-state index is -3.72. The molecule has 0 radical (unpaired) electrons. The molecule has 0 bridgehead atoms. The molecule has 0 saturated carbocycles. The van der Waals surface area contributed by atoms with Gasteiger partial charge in [0.15, 0.2) is 0 Å². The average molecular weight is 292 g/mol. The number of nitrogen functional groups attached to an aromatic ring is 1. The first-order valence-corrected chi connectivity index (χ1v) is 7.61. The molecule has 0 amide bonds. The van der Waals surface area contributed by atoms with Gasteiger partial charge in [0.05, 0.1) is 10.6 Å². The molecule has 20 heavy (non-hydrogen) atoms. The molecule has 0 spiro atoms. The molecule has 4 N–H and O–H groups in total. The second-order valence-electron chi connectivity index (χ2n) is 4.37. The first-order chi connectivity index (χ1) is 9.42. The van der Waals surface area contributed by atoms with E-state index in [1.165, 1.54) is 24.3 Å². The minimum Gasteiger partial charge on any atom is -0.508 e. The Labute approximate surface area is 118 Å². The molecule has 2 rings (SSSR count). The molecule has 2 aromatic rings. The number of aryl methyl sites for hydroxylation is 1. The molecular formula is C14H16N2O3S. The van der Waals surface area contributed by atoms with Crippen LogP contribution in [0.1, 0.15) is 12.5 Å². The number of hydrogen-bond acceptors (Lipinski definition) is 4. The lowest BCUT2D eigenvalue weighted by Gasteiger charge is -2.10. The van der Waals surface area contributed by atoms with Gasteiger partial charge in [-0.05, 0) is 36.2 Å². The van der Waals surface area contributed by atoms with Gasteiger partial charge in [0.25, 0.3) is 10.0 Å². The fourth-order valence-electron chi connectivity index (χ4n) is 1.85. The Kier molecular flexibility index (Phi) is 3.85. The Bertz CT molecular complexity index is 727. The van der Waals surface area contributed by atoms with Crippen molar-refractivity contribution in [1.29, 1.82) is 0 Å². The Morgan fingerprint density at radius 3 is 2.55 bits per heavy atom. The largest absolute Gasteiger partial charge is 0.508 e. The van der Waals surface area contributed by atoms with E-state index in [9.17, 15) is 13.5 Å². The topological polar surface area (TPSA) is 92.4 Å². The lowest BCUT2D eigenvalue weighted by molar-refractivity contribution is 0.475. The summed E-state index contributed by atoms with van der Waals surface area (Å²) in [5.41, 5.74) is 7.46. The van der Waals surface area contributed by atoms with Crippen LogP contribution in [0.2, 0.25) is 0 Å². The van der Waals surface area contributed by atoms with Crippen molar-refractivity contribution in [2.24, 2.45) is 0 Å². The first-order valence-electron chi connectivity index (χ1n) is 6.12. The summed E-state index contributed by atoms with van der Waals surface area (Å²) in [5.74, 6) is -0.00829. The van der Waals surface area contributed by atoms with Gasteiger partial charge in [0.1, 0.15) is 5.75 Å². The summed E-state index contributed by atoms with van der Waals surface area (Å²) < 4.78 is 26.8. The van der Waals surface area contributed by atoms with E-state index < -0.39 is 10.0 Å². The van der Waals surface area contributed by atoms with Gasteiger partial charge in [-0.25, -0.2) is 8.42 Å². The van der Waals surface area contributed by atoms with Crippen LogP contribution in [-0.2, 0) is 16.4 Å². The quantitative estimate of drug-likeness (QED) is 0.754. The van der Waals surface area contributed by atoms with Gasteiger partial charge in [-0.3, -0.25) is 4.72 Å². The van der Waals surface area contributed by atoms with Gasteiger partial charge in [-0.2, -0.15) is 0 Å². The molecule has 0 atom stereocenters. The van der Waals surface area contributed by atoms with Gasteiger partial charge in [0.2, 0.25) is 0 Å². The molecule has 106 valence electrons. The maximum absolute atomic E-state index is 12.2. The normalized spacial score (nSPS) is 11.2. The average Bonchev–Trinajstić information content (AvgIpc) is 2.38. The van der Waals surface area contributed by atoms with Crippen molar-refractivity contribution in [2.75, 3.05) is 10.5 Å². The monoisotopic (exact) mass is 292 g/mol. The van der Waals surface area contributed by atoms with Crippen LogP contribution in [0, 0.1) is 0 Å². The third-order valence-electron chi connectivity index (χ3n) is 2.91. The highest BCUT2D eigenvalue weighted by molar-refractivity contribution is 7.92. The van der Waals surface area contributed by atoms with Crippen LogP contribution in [-0.4, -0.2) is 13.5 Å². The number of aromatic hydroxyl groups is 1. The maximum Gasteiger partial charge on any atom is 0.261 e. The van der Waals surface area contributed by atoms with Crippen LogP contribution < -0.4 is 10.5 Å². The van der Waals surface area contributed by atoms with Gasteiger partial charge in [-0.15, -0.1) is 0 Å². The van der Waals surface area contributed by atoms with Crippen molar-refractivity contribution in [1.82, 2.24) is 0 Å². The minimum absolute atomic E-state index is 0.00829. The van der Waals surface area contributed by atoms with Crippen LogP contribution in [0.4, 0.5) is 11.4 Å². The molecule has 0 aliphatic heterocycles. The standard InChI is InChI=1S/C14H16N2O3S/c1-2-10-6-7-13(9-14(10)15)20(18,19)16-11-4-3-5-12(17)8-11/h3-9,16-17H,2,15H2,1H3. The summed E-state index contributed by atoms with van der Waals surface area (Å²) in [6.45, 7) is 1.95. The van der Waals surface area contributed by atoms with Crippen molar-refractivity contribution in [2.45, 2.75) is 18.2 Å². The SMILES string of the molecule is CCc1ccc(S(=O)(=O)Nc2cccc(O)c2)cc1N. The fraction of sp³-hybridized carbons (Fsp3) is 0.143. The number of sulfonamides is 1. The van der Waals surface area contributed by atoms with Gasteiger partial charge in [-0.1, -0.05) is 19.1 Å². The summed E-state index contributed by atoms with van der Waals surface area (Å²) in [5, 5.41) is 9.34. The third-order valence-corrected chi connectivity index (χ3v) is 4.29. The van der Waals surface area contributed by atoms with Gasteiger partial charge < -0.3 is 10.8 Å². The molecule has 0 saturated heterocycles. The van der Waals surface area contributed by atoms with E-state index in [-0.39, 0.29) is 10.6 Å². The summed E-state index contributed by atoms with van der Waals surface area (Å²) in [6.07, 6.45) is 0.742. The second kappa shape index (κ2) is 5.42. The van der Waals surface area contributed by atoms with Crippen molar-refractivity contribution in [3.05, 3.63) is 48.0 Å². The van der Waals surface area contributed by atoms with E-state index >= 15 is 0 Å². The summed E-state index contributed by atoms with van der Waals surface area (Å²) in [7, 11) is -3.72. The maximum atomic E-state index is 12.2. The zero-order chi connectivity index (χ0) is 14.8. The number of hydrogen-bond donors (Lipinski definition) is 3. The molecule has 5 nitrogen and oxygen atoms in total. The van der Waals surface area contributed by atoms with Crippen LogP contribution >= 0.6 is 0 Å². The number of nitrogens with two attached hydrogens (primary N) is 1. The molecule has 0 aliphatic rings. The second-order valence-corrected chi connectivity index (χ2v) is 6.05. The number of rotatable bonds is 4. The van der Waals surface area contributed by atoms with E-state index in [2.05, 4.69) is 4.72 Å². The number of anilines is 2. The highest BCUT2D eigenvalue weighted by Gasteiger charge is 2.15. The number of phenols is 1. The van der Waals surface area contributed by atoms with E-state index in [0.29, 0.717) is 11.4 Å². The Balaban J connectivity index is 2.33. The van der Waals surface area contributed by atoms with Crippen LogP contribution in [0.3, 0.4) is 0 Å². The third kappa shape index (κ3) is 3.03. The Hall–Kier alpha value is -2.21. The fourth-order valence-corrected chi connectivity index (χ4v) is 2.93. The smallest absolute Gasteiger partial charge is 0.261 e. The predicted molar refractivity (Wildman–Crippen MR) is 79.1 cm³/mol. The molecule has 0 aromatic heterocycles. The van der Waals surface area contributed by atoms with E-state index in [1.54, 1.807) is 18.2 Å². The van der Waals surface area contributed by atoms with Crippen molar-refractivity contribution >= 4 is 21.4 Å². The highest BCUT2D eigenvalue weighted by Crippen LogP contribution is 2.22. The van der Waals surface area contributed by atoms with Crippen LogP contribution in [0.15, 0.2) is 47.4 Å². The zero-order valence-electron chi connectivity index (χ0n) is 11.0. The molecule has 0 unspecified atom stereocenters. The Morgan fingerprint density at radius 2 is 1.95 bits per heavy atom. The summed E-state index contributed by atoms with van der Waals surface area (Å²) >= 11 is 0. The van der Waals surface area contributed by atoms with Gasteiger partial charge in [0, 0.05) is 11.8 Å². The predicted octanol–water partition coefficient (Wildman–Crippen LogP) is 2.34. The van der Waals surface area contributed by atoms with E-state index in [0.717, 1.165) is 12.0 Å². The van der Waals surface area contributed by atoms with E-state index in [4.69, 9.17) is 5.73 Å².